The monoisotopic (exact) mass is 934 g/mol. The van der Waals surface area contributed by atoms with Crippen molar-refractivity contribution in [3.63, 3.8) is 0 Å². The Morgan fingerprint density at radius 1 is 0.492 bits per heavy atom. The maximum absolute atomic E-state index is 11.7. The van der Waals surface area contributed by atoms with Crippen LogP contribution in [0.25, 0.3) is 0 Å². The largest absolute Gasteiger partial charge is 0.464 e. The summed E-state index contributed by atoms with van der Waals surface area (Å²) in [6, 6.07) is 0. The summed E-state index contributed by atoms with van der Waals surface area (Å²) in [4.78, 5) is 69.4. The molecule has 3 heterocycles. The minimum absolute atomic E-state index is 0.00994. The number of hydrogen-bond donors (Lipinski definition) is 3. The van der Waals surface area contributed by atoms with Crippen molar-refractivity contribution in [2.45, 2.75) is 115 Å². The second-order valence-corrected chi connectivity index (χ2v) is 18.4. The van der Waals surface area contributed by atoms with E-state index in [1.165, 1.54) is 0 Å². The molecule has 378 valence electrons. The van der Waals surface area contributed by atoms with Crippen LogP contribution in [0.5, 0.6) is 0 Å². The Morgan fingerprint density at radius 2 is 0.831 bits per heavy atom. The van der Waals surface area contributed by atoms with Crippen LogP contribution >= 0.6 is 0 Å². The van der Waals surface area contributed by atoms with Crippen LogP contribution in [0.15, 0.2) is 0 Å². The normalized spacial score (nSPS) is 16.8. The molecule has 19 heteroatoms. The van der Waals surface area contributed by atoms with E-state index in [4.69, 9.17) is 47.4 Å². The molecule has 3 saturated heterocycles. The first-order valence-electron chi connectivity index (χ1n) is 23.3. The van der Waals surface area contributed by atoms with E-state index >= 15 is 0 Å². The fourth-order valence-electron chi connectivity index (χ4n) is 5.26. The average Bonchev–Trinajstić information content (AvgIpc) is 3.25. The van der Waals surface area contributed by atoms with Crippen LogP contribution in [-0.4, -0.2) is 148 Å². The zero-order valence-electron chi connectivity index (χ0n) is 41.4. The van der Waals surface area contributed by atoms with Crippen molar-refractivity contribution in [3.05, 3.63) is 0 Å². The SMILES string of the molecule is CCC(C)C(=O)OCCNC(=O)OCC1(CC)COC1.CCC1(COC(=O)NCCOC(=O)C(C)(C)CC)COC1.CCC1(COC(=O)NCCOCCOC(=O)C(C)(C)CC)COC1. The molecule has 3 aliphatic rings. The first kappa shape index (κ1) is 59.1. The van der Waals surface area contributed by atoms with Crippen LogP contribution in [-0.2, 0) is 61.8 Å². The molecule has 0 aliphatic carbocycles. The van der Waals surface area contributed by atoms with Gasteiger partial charge in [0.2, 0.25) is 0 Å². The van der Waals surface area contributed by atoms with Gasteiger partial charge in [-0.1, -0.05) is 48.5 Å². The lowest BCUT2D eigenvalue weighted by Gasteiger charge is -2.39. The van der Waals surface area contributed by atoms with Gasteiger partial charge in [-0.25, -0.2) is 14.4 Å². The van der Waals surface area contributed by atoms with Crippen LogP contribution in [0.4, 0.5) is 14.4 Å². The van der Waals surface area contributed by atoms with Gasteiger partial charge in [-0.05, 0) is 66.2 Å². The summed E-state index contributed by atoms with van der Waals surface area (Å²) in [6.45, 7) is 28.2. The van der Waals surface area contributed by atoms with Crippen molar-refractivity contribution < 1.29 is 76.1 Å². The molecule has 19 nitrogen and oxygen atoms in total. The third-order valence-corrected chi connectivity index (χ3v) is 12.3. The Balaban J connectivity index is 0.000000490. The molecular weight excluding hydrogens is 851 g/mol. The van der Waals surface area contributed by atoms with Gasteiger partial charge in [0.15, 0.2) is 0 Å². The number of rotatable bonds is 27. The van der Waals surface area contributed by atoms with Gasteiger partial charge in [0.25, 0.3) is 0 Å². The van der Waals surface area contributed by atoms with Crippen LogP contribution < -0.4 is 16.0 Å². The number of esters is 3. The van der Waals surface area contributed by atoms with E-state index < -0.39 is 29.1 Å². The number of ether oxygens (including phenoxy) is 10. The Hall–Kier alpha value is -3.94. The van der Waals surface area contributed by atoms with E-state index in [-0.39, 0.29) is 73.0 Å². The Kier molecular flexibility index (Phi) is 27.6. The summed E-state index contributed by atoms with van der Waals surface area (Å²) >= 11 is 0. The van der Waals surface area contributed by atoms with Gasteiger partial charge in [0.05, 0.1) is 98.9 Å². The van der Waals surface area contributed by atoms with Crippen LogP contribution in [0.1, 0.15) is 115 Å². The number of carbonyl (C=O) groups is 6. The number of alkyl carbamates (subject to hydrolysis) is 3. The van der Waals surface area contributed by atoms with E-state index in [0.29, 0.717) is 85.6 Å². The van der Waals surface area contributed by atoms with E-state index in [2.05, 4.69) is 36.7 Å². The minimum Gasteiger partial charge on any atom is -0.464 e. The molecule has 3 fully saturated rings. The molecule has 0 saturated carbocycles. The van der Waals surface area contributed by atoms with Crippen LogP contribution in [0.3, 0.4) is 0 Å². The molecule has 3 N–H and O–H groups in total. The Morgan fingerprint density at radius 3 is 1.14 bits per heavy atom. The highest BCUT2D eigenvalue weighted by Gasteiger charge is 2.40. The maximum Gasteiger partial charge on any atom is 0.407 e. The molecule has 3 rings (SSSR count). The maximum atomic E-state index is 11.7. The van der Waals surface area contributed by atoms with Crippen molar-refractivity contribution in [2.75, 3.05) is 112 Å². The topological polar surface area (TPSA) is 231 Å². The van der Waals surface area contributed by atoms with Crippen molar-refractivity contribution in [2.24, 2.45) is 33.0 Å². The summed E-state index contributed by atoms with van der Waals surface area (Å²) in [7, 11) is 0. The summed E-state index contributed by atoms with van der Waals surface area (Å²) in [5.74, 6) is -0.818. The second-order valence-electron chi connectivity index (χ2n) is 18.4. The van der Waals surface area contributed by atoms with E-state index in [0.717, 1.165) is 32.1 Å². The lowest BCUT2D eigenvalue weighted by molar-refractivity contribution is -0.155. The van der Waals surface area contributed by atoms with E-state index in [1.807, 2.05) is 55.4 Å². The number of amides is 3. The van der Waals surface area contributed by atoms with Crippen LogP contribution in [0.2, 0.25) is 0 Å². The lowest BCUT2D eigenvalue weighted by atomic mass is 9.84. The predicted octanol–water partition coefficient (Wildman–Crippen LogP) is 5.98. The zero-order valence-corrected chi connectivity index (χ0v) is 41.4. The van der Waals surface area contributed by atoms with Gasteiger partial charge in [0, 0.05) is 6.54 Å². The number of hydrogen-bond acceptors (Lipinski definition) is 16. The molecule has 0 spiro atoms. The molecule has 0 aromatic carbocycles. The van der Waals surface area contributed by atoms with Crippen molar-refractivity contribution >= 4 is 36.2 Å². The third-order valence-electron chi connectivity index (χ3n) is 12.3. The van der Waals surface area contributed by atoms with Gasteiger partial charge in [-0.2, -0.15) is 0 Å². The molecule has 0 aromatic heterocycles. The highest BCUT2D eigenvalue weighted by atomic mass is 16.6. The van der Waals surface area contributed by atoms with Crippen molar-refractivity contribution in [3.8, 4) is 0 Å². The van der Waals surface area contributed by atoms with Gasteiger partial charge in [0.1, 0.15) is 39.6 Å². The van der Waals surface area contributed by atoms with Gasteiger partial charge >= 0.3 is 36.2 Å². The fraction of sp³-hybridized carbons (Fsp3) is 0.870. The molecule has 3 amide bonds. The summed E-state index contributed by atoms with van der Waals surface area (Å²) in [5, 5.41) is 7.76. The van der Waals surface area contributed by atoms with Gasteiger partial charge in [-0.3, -0.25) is 14.4 Å². The Bertz CT molecular complexity index is 1410. The molecule has 3 aliphatic heterocycles. The average molecular weight is 934 g/mol. The minimum atomic E-state index is -0.488. The fourth-order valence-corrected chi connectivity index (χ4v) is 5.26. The summed E-state index contributed by atoms with van der Waals surface area (Å²) in [6.07, 6.45) is 3.54. The smallest absolute Gasteiger partial charge is 0.407 e. The standard InChI is InChI=1S/C17H31NO6.C15H27NO5.C14H25NO5/c1-5-16(3,4)14(19)23-10-9-21-8-7-18-15(20)24-13-17(6-2)11-22-12-17;1-5-14(3,4)12(17)20-8-7-16-13(18)21-11-15(6-2)9-19-10-15;1-4-11(3)12(16)19-7-6-15-13(17)20-10-14(5-2)8-18-9-14/h5-13H2,1-4H3,(H,18,20);5-11H2,1-4H3,(H,16,18);11H,4-10H2,1-3H3,(H,15,17). The molecule has 0 bridgehead atoms. The molecule has 1 unspecified atom stereocenters. The van der Waals surface area contributed by atoms with E-state index in [9.17, 15) is 28.8 Å². The van der Waals surface area contributed by atoms with E-state index in [1.54, 1.807) is 0 Å². The number of carbonyl (C=O) groups excluding carboxylic acids is 6. The molecule has 1 atom stereocenters. The Labute approximate surface area is 387 Å². The quantitative estimate of drug-likeness (QED) is 0.0488. The lowest BCUT2D eigenvalue weighted by Crippen LogP contribution is -2.47. The third kappa shape index (κ3) is 22.4. The predicted molar refractivity (Wildman–Crippen MR) is 240 cm³/mol. The zero-order chi connectivity index (χ0) is 49.0. The van der Waals surface area contributed by atoms with Gasteiger partial charge < -0.3 is 63.3 Å². The molecule has 0 aromatic rings. The summed E-state index contributed by atoms with van der Waals surface area (Å²) in [5.41, 5.74) is -0.996. The van der Waals surface area contributed by atoms with Crippen molar-refractivity contribution in [1.82, 2.24) is 16.0 Å². The van der Waals surface area contributed by atoms with Gasteiger partial charge in [-0.15, -0.1) is 0 Å². The number of nitrogens with one attached hydrogen (secondary N) is 3. The first-order valence-corrected chi connectivity index (χ1v) is 23.3. The second kappa shape index (κ2) is 30.4. The molecular formula is C46H83N3O16. The highest BCUT2D eigenvalue weighted by molar-refractivity contribution is 5.76. The van der Waals surface area contributed by atoms with Crippen molar-refractivity contribution in [1.29, 1.82) is 0 Å². The first-order chi connectivity index (χ1) is 30.7. The molecule has 65 heavy (non-hydrogen) atoms. The summed E-state index contributed by atoms with van der Waals surface area (Å²) < 4.78 is 51.6. The highest BCUT2D eigenvalue weighted by Crippen LogP contribution is 2.33. The van der Waals surface area contributed by atoms with Crippen LogP contribution in [0, 0.1) is 33.0 Å². The molecule has 0 radical (unpaired) electrons.